The van der Waals surface area contributed by atoms with Gasteiger partial charge in [0.2, 0.25) is 0 Å². The van der Waals surface area contributed by atoms with Crippen LogP contribution in [-0.4, -0.2) is 35.9 Å². The Hall–Kier alpha value is -1.04. The fourth-order valence-electron chi connectivity index (χ4n) is 2.31. The first-order valence-electron chi connectivity index (χ1n) is 7.88. The molecule has 0 heterocycles. The van der Waals surface area contributed by atoms with Crippen molar-refractivity contribution >= 4 is 23.4 Å². The molecule has 6 heteroatoms. The van der Waals surface area contributed by atoms with Gasteiger partial charge in [-0.15, -0.1) is 0 Å². The zero-order chi connectivity index (χ0) is 15.7. The summed E-state index contributed by atoms with van der Waals surface area (Å²) in [7, 11) is 0. The van der Waals surface area contributed by atoms with Crippen LogP contribution in [0.5, 0.6) is 0 Å². The lowest BCUT2D eigenvalue weighted by molar-refractivity contribution is 0.0529. The molecule has 1 amide bonds. The van der Waals surface area contributed by atoms with Gasteiger partial charge in [-0.1, -0.05) is 25.7 Å². The van der Waals surface area contributed by atoms with Crippen LogP contribution in [0.2, 0.25) is 0 Å². The summed E-state index contributed by atoms with van der Waals surface area (Å²) in [5, 5.41) is 9.85. The topological polar surface area (TPSA) is 62.4 Å². The molecule has 0 spiro atoms. The first-order chi connectivity index (χ1) is 9.87. The van der Waals surface area contributed by atoms with Gasteiger partial charge in [-0.25, -0.2) is 4.79 Å². The van der Waals surface area contributed by atoms with Gasteiger partial charge >= 0.3 is 6.09 Å². The number of hydrogen-bond donors (Lipinski definition) is 3. The summed E-state index contributed by atoms with van der Waals surface area (Å²) in [6.45, 7) is 6.61. The minimum Gasteiger partial charge on any atom is -0.444 e. The van der Waals surface area contributed by atoms with Gasteiger partial charge in [0.25, 0.3) is 0 Å². The second-order valence-electron chi connectivity index (χ2n) is 6.52. The number of amides is 1. The minimum atomic E-state index is -0.464. The van der Waals surface area contributed by atoms with Gasteiger partial charge in [0.15, 0.2) is 5.11 Å². The van der Waals surface area contributed by atoms with Gasteiger partial charge in [-0.3, -0.25) is 0 Å². The molecule has 1 fully saturated rings. The smallest absolute Gasteiger partial charge is 0.407 e. The molecule has 3 N–H and O–H groups in total. The Morgan fingerprint density at radius 2 is 1.67 bits per heavy atom. The standard InChI is InChI=1S/C15H29N3O2S/c1-15(2,3)20-14(19)17-11-10-16-13(21)18-12-8-6-4-5-7-9-12/h12H,4-11H2,1-3H3,(H,17,19)(H2,16,18,21). The van der Waals surface area contributed by atoms with Crippen LogP contribution in [0.3, 0.4) is 0 Å². The van der Waals surface area contributed by atoms with Gasteiger partial charge in [0, 0.05) is 19.1 Å². The maximum Gasteiger partial charge on any atom is 0.407 e. The van der Waals surface area contributed by atoms with Gasteiger partial charge in [0.05, 0.1) is 0 Å². The van der Waals surface area contributed by atoms with Crippen molar-refractivity contribution in [1.82, 2.24) is 16.0 Å². The number of thiocarbonyl (C=S) groups is 1. The highest BCUT2D eigenvalue weighted by atomic mass is 32.1. The summed E-state index contributed by atoms with van der Waals surface area (Å²) in [4.78, 5) is 11.4. The lowest BCUT2D eigenvalue weighted by atomic mass is 10.1. The third kappa shape index (κ3) is 9.50. The van der Waals surface area contributed by atoms with E-state index in [0.717, 1.165) is 0 Å². The Labute approximate surface area is 133 Å². The maximum atomic E-state index is 11.4. The Balaban J connectivity index is 2.09. The van der Waals surface area contributed by atoms with E-state index >= 15 is 0 Å². The lowest BCUT2D eigenvalue weighted by Gasteiger charge is -2.20. The highest BCUT2D eigenvalue weighted by Gasteiger charge is 2.15. The Kier molecular flexibility index (Phi) is 7.78. The molecule has 122 valence electrons. The number of carbonyl (C=O) groups excluding carboxylic acids is 1. The highest BCUT2D eigenvalue weighted by Crippen LogP contribution is 2.16. The fourth-order valence-corrected chi connectivity index (χ4v) is 2.58. The molecule has 0 atom stereocenters. The van der Waals surface area contributed by atoms with E-state index in [4.69, 9.17) is 17.0 Å². The fraction of sp³-hybridized carbons (Fsp3) is 0.867. The molecule has 0 bridgehead atoms. The van der Waals surface area contributed by atoms with E-state index in [1.54, 1.807) is 0 Å². The number of carbonyl (C=O) groups is 1. The van der Waals surface area contributed by atoms with Gasteiger partial charge in [-0.2, -0.15) is 0 Å². The van der Waals surface area contributed by atoms with Crippen molar-refractivity contribution in [2.24, 2.45) is 0 Å². The number of ether oxygens (including phenoxy) is 1. The summed E-state index contributed by atoms with van der Waals surface area (Å²) in [6.07, 6.45) is 7.21. The third-order valence-electron chi connectivity index (χ3n) is 3.27. The number of rotatable bonds is 4. The minimum absolute atomic E-state index is 0.396. The van der Waals surface area contributed by atoms with E-state index in [1.807, 2.05) is 20.8 Å². The monoisotopic (exact) mass is 315 g/mol. The molecule has 0 unspecified atom stereocenters. The molecule has 0 aromatic rings. The molecule has 1 aliphatic rings. The van der Waals surface area contributed by atoms with Crippen molar-refractivity contribution in [3.8, 4) is 0 Å². The molecule has 0 saturated heterocycles. The predicted molar refractivity (Wildman–Crippen MR) is 89.5 cm³/mol. The molecular formula is C15H29N3O2S. The van der Waals surface area contributed by atoms with Crippen LogP contribution in [0.4, 0.5) is 4.79 Å². The normalized spacial score (nSPS) is 16.7. The van der Waals surface area contributed by atoms with Crippen molar-refractivity contribution in [3.05, 3.63) is 0 Å². The quantitative estimate of drug-likeness (QED) is 0.423. The molecule has 0 aromatic heterocycles. The number of hydrogen-bond acceptors (Lipinski definition) is 3. The molecule has 0 radical (unpaired) electrons. The molecule has 1 aliphatic carbocycles. The molecule has 1 rings (SSSR count). The largest absolute Gasteiger partial charge is 0.444 e. The second-order valence-corrected chi connectivity index (χ2v) is 6.93. The summed E-state index contributed by atoms with van der Waals surface area (Å²) in [6, 6.07) is 0.492. The summed E-state index contributed by atoms with van der Waals surface area (Å²) in [5.74, 6) is 0. The van der Waals surface area contributed by atoms with Crippen molar-refractivity contribution in [3.63, 3.8) is 0 Å². The summed E-state index contributed by atoms with van der Waals surface area (Å²) in [5.41, 5.74) is -0.464. The number of nitrogens with one attached hydrogen (secondary N) is 3. The van der Waals surface area contributed by atoms with Crippen molar-refractivity contribution in [2.45, 2.75) is 70.9 Å². The van der Waals surface area contributed by atoms with Crippen LogP contribution < -0.4 is 16.0 Å². The van der Waals surface area contributed by atoms with Crippen LogP contribution in [0.15, 0.2) is 0 Å². The van der Waals surface area contributed by atoms with Crippen molar-refractivity contribution < 1.29 is 9.53 Å². The van der Waals surface area contributed by atoms with E-state index in [2.05, 4.69) is 16.0 Å². The van der Waals surface area contributed by atoms with E-state index in [-0.39, 0.29) is 0 Å². The van der Waals surface area contributed by atoms with Crippen molar-refractivity contribution in [1.29, 1.82) is 0 Å². The van der Waals surface area contributed by atoms with Gasteiger partial charge in [-0.05, 0) is 45.8 Å². The third-order valence-corrected chi connectivity index (χ3v) is 3.53. The van der Waals surface area contributed by atoms with Crippen LogP contribution in [0.1, 0.15) is 59.3 Å². The predicted octanol–water partition coefficient (Wildman–Crippen LogP) is 2.70. The lowest BCUT2D eigenvalue weighted by Crippen LogP contribution is -2.44. The maximum absolute atomic E-state index is 11.4. The molecule has 0 aromatic carbocycles. The van der Waals surface area contributed by atoms with Crippen LogP contribution in [-0.2, 0) is 4.74 Å². The number of alkyl carbamates (subject to hydrolysis) is 1. The first-order valence-corrected chi connectivity index (χ1v) is 8.29. The highest BCUT2D eigenvalue weighted by molar-refractivity contribution is 7.80. The first kappa shape index (κ1) is 18.0. The zero-order valence-corrected chi connectivity index (χ0v) is 14.3. The Morgan fingerprint density at radius 1 is 1.10 bits per heavy atom. The average molecular weight is 315 g/mol. The van der Waals surface area contributed by atoms with Gasteiger partial charge < -0.3 is 20.7 Å². The summed E-state index contributed by atoms with van der Waals surface area (Å²) < 4.78 is 5.15. The Bertz CT molecular complexity index is 334. The van der Waals surface area contributed by atoms with E-state index < -0.39 is 11.7 Å². The molecule has 5 nitrogen and oxygen atoms in total. The van der Waals surface area contributed by atoms with E-state index in [9.17, 15) is 4.79 Å². The van der Waals surface area contributed by atoms with Crippen LogP contribution >= 0.6 is 12.2 Å². The van der Waals surface area contributed by atoms with E-state index in [1.165, 1.54) is 38.5 Å². The molecule has 21 heavy (non-hydrogen) atoms. The zero-order valence-electron chi connectivity index (χ0n) is 13.5. The average Bonchev–Trinajstić information content (AvgIpc) is 2.61. The van der Waals surface area contributed by atoms with Gasteiger partial charge in [0.1, 0.15) is 5.60 Å². The van der Waals surface area contributed by atoms with Crippen molar-refractivity contribution in [2.75, 3.05) is 13.1 Å². The Morgan fingerprint density at radius 3 is 2.24 bits per heavy atom. The molecule has 1 saturated carbocycles. The van der Waals surface area contributed by atoms with Crippen LogP contribution in [0, 0.1) is 0 Å². The molecule has 0 aliphatic heterocycles. The van der Waals surface area contributed by atoms with Crippen LogP contribution in [0.25, 0.3) is 0 Å². The second kappa shape index (κ2) is 9.07. The SMILES string of the molecule is CC(C)(C)OC(=O)NCCNC(=S)NC1CCCCCC1. The summed E-state index contributed by atoms with van der Waals surface area (Å²) >= 11 is 5.28. The molecular weight excluding hydrogens is 286 g/mol. The van der Waals surface area contributed by atoms with E-state index in [0.29, 0.717) is 24.2 Å².